The van der Waals surface area contributed by atoms with Crippen LogP contribution in [0.1, 0.15) is 32.1 Å². The van der Waals surface area contributed by atoms with Gasteiger partial charge >= 0.3 is 0 Å². The first-order valence-electron chi connectivity index (χ1n) is 10.7. The van der Waals surface area contributed by atoms with Gasteiger partial charge in [-0.1, -0.05) is 41.8 Å². The van der Waals surface area contributed by atoms with Gasteiger partial charge in [-0.3, -0.25) is 19.3 Å². The monoisotopic (exact) mass is 446 g/mol. The second-order valence-corrected chi connectivity index (χ2v) is 9.81. The largest absolute Gasteiger partial charge is 0.325 e. The summed E-state index contributed by atoms with van der Waals surface area (Å²) in [6.07, 6.45) is 8.13. The maximum atomic E-state index is 12.9. The number of nitrogens with zero attached hydrogens (tertiary/aromatic N) is 1. The van der Waals surface area contributed by atoms with Crippen molar-refractivity contribution in [1.82, 2.24) is 4.90 Å². The molecule has 1 N–H and O–H groups in total. The van der Waals surface area contributed by atoms with E-state index in [4.69, 9.17) is 23.2 Å². The molecule has 2 bridgehead atoms. The van der Waals surface area contributed by atoms with E-state index in [9.17, 15) is 14.4 Å². The number of unbranched alkanes of at least 4 members (excludes halogenated alkanes) is 2. The fourth-order valence-corrected chi connectivity index (χ4v) is 6.23. The van der Waals surface area contributed by atoms with Gasteiger partial charge in [-0.25, -0.2) is 0 Å². The average molecular weight is 447 g/mol. The van der Waals surface area contributed by atoms with Crippen LogP contribution in [-0.2, 0) is 14.4 Å². The predicted molar refractivity (Wildman–Crippen MR) is 115 cm³/mol. The Morgan fingerprint density at radius 2 is 1.67 bits per heavy atom. The summed E-state index contributed by atoms with van der Waals surface area (Å²) in [6.45, 7) is 0.462. The summed E-state index contributed by atoms with van der Waals surface area (Å²) in [7, 11) is 0. The molecule has 4 aliphatic carbocycles. The van der Waals surface area contributed by atoms with Gasteiger partial charge in [0.1, 0.15) is 0 Å². The maximum absolute atomic E-state index is 12.9. The third-order valence-electron chi connectivity index (χ3n) is 7.24. The van der Waals surface area contributed by atoms with Crippen molar-refractivity contribution in [2.24, 2.45) is 35.5 Å². The number of carbonyl (C=O) groups is 3. The summed E-state index contributed by atoms with van der Waals surface area (Å²) >= 11 is 11.9. The van der Waals surface area contributed by atoms with Gasteiger partial charge in [0, 0.05) is 18.0 Å². The first-order chi connectivity index (χ1) is 14.5. The van der Waals surface area contributed by atoms with Crippen molar-refractivity contribution >= 4 is 46.6 Å². The number of benzene rings is 1. The topological polar surface area (TPSA) is 66.5 Å². The Balaban J connectivity index is 1.08. The third-order valence-corrected chi connectivity index (χ3v) is 7.79. The van der Waals surface area contributed by atoms with E-state index >= 15 is 0 Å². The molecule has 3 fully saturated rings. The highest BCUT2D eigenvalue weighted by molar-refractivity contribution is 6.36. The molecule has 1 heterocycles. The van der Waals surface area contributed by atoms with Gasteiger partial charge in [0.15, 0.2) is 0 Å². The molecule has 5 nitrogen and oxygen atoms in total. The number of hydrogen-bond acceptors (Lipinski definition) is 3. The van der Waals surface area contributed by atoms with E-state index in [1.165, 1.54) is 11.3 Å². The average Bonchev–Trinajstić information content (AvgIpc) is 3.50. The van der Waals surface area contributed by atoms with Gasteiger partial charge in [0.05, 0.1) is 22.5 Å². The predicted octanol–water partition coefficient (Wildman–Crippen LogP) is 4.55. The Bertz CT molecular complexity index is 910. The molecular formula is C23H24Cl2N2O3. The molecule has 3 amide bonds. The SMILES string of the molecule is O=C(CCCCCN1C(=O)[C@@H]2[C@H]3C=C[C@H]([C@H]4C[C@H]34)[C@@H]2C1=O)Nc1ccc(Cl)cc1Cl. The number of likely N-dealkylation sites (tertiary alicyclic amines) is 1. The Labute approximate surface area is 185 Å². The summed E-state index contributed by atoms with van der Waals surface area (Å²) in [4.78, 5) is 39.5. The van der Waals surface area contributed by atoms with Gasteiger partial charge in [-0.2, -0.15) is 0 Å². The van der Waals surface area contributed by atoms with Crippen molar-refractivity contribution in [2.75, 3.05) is 11.9 Å². The Morgan fingerprint density at radius 1 is 1.00 bits per heavy atom. The van der Waals surface area contributed by atoms with E-state index in [-0.39, 0.29) is 41.4 Å². The lowest BCUT2D eigenvalue weighted by Gasteiger charge is -2.37. The lowest BCUT2D eigenvalue weighted by Crippen LogP contribution is -2.40. The van der Waals surface area contributed by atoms with E-state index in [0.717, 1.165) is 12.8 Å². The quantitative estimate of drug-likeness (QED) is 0.379. The van der Waals surface area contributed by atoms with Gasteiger partial charge in [0.2, 0.25) is 17.7 Å². The minimum atomic E-state index is -0.119. The van der Waals surface area contributed by atoms with Crippen LogP contribution in [0.25, 0.3) is 0 Å². The van der Waals surface area contributed by atoms with Crippen molar-refractivity contribution in [3.63, 3.8) is 0 Å². The second-order valence-electron chi connectivity index (χ2n) is 8.97. The number of hydrogen-bond donors (Lipinski definition) is 1. The Kier molecular flexibility index (Phi) is 5.14. The van der Waals surface area contributed by atoms with E-state index in [0.29, 0.717) is 47.0 Å². The number of nitrogens with one attached hydrogen (secondary N) is 1. The smallest absolute Gasteiger partial charge is 0.233 e. The zero-order valence-electron chi connectivity index (χ0n) is 16.5. The number of imide groups is 1. The van der Waals surface area contributed by atoms with Crippen LogP contribution in [0.15, 0.2) is 30.4 Å². The van der Waals surface area contributed by atoms with Crippen molar-refractivity contribution in [3.05, 3.63) is 40.4 Å². The number of rotatable bonds is 7. The molecule has 1 aliphatic heterocycles. The van der Waals surface area contributed by atoms with E-state index < -0.39 is 0 Å². The minimum Gasteiger partial charge on any atom is -0.325 e. The highest BCUT2D eigenvalue weighted by Gasteiger charge is 2.66. The molecule has 2 saturated carbocycles. The molecule has 0 aromatic heterocycles. The van der Waals surface area contributed by atoms with Crippen LogP contribution >= 0.6 is 23.2 Å². The summed E-state index contributed by atoms with van der Waals surface area (Å²) in [5.41, 5.74) is 0.545. The van der Waals surface area contributed by atoms with E-state index in [2.05, 4.69) is 17.5 Å². The van der Waals surface area contributed by atoms with Crippen LogP contribution in [0.2, 0.25) is 10.0 Å². The van der Waals surface area contributed by atoms with Gasteiger partial charge in [-0.15, -0.1) is 0 Å². The van der Waals surface area contributed by atoms with Crippen LogP contribution in [0.5, 0.6) is 0 Å². The molecule has 5 aliphatic rings. The molecule has 6 atom stereocenters. The minimum absolute atomic E-state index is 0.0322. The molecular weight excluding hydrogens is 423 g/mol. The molecule has 1 aromatic carbocycles. The van der Waals surface area contributed by atoms with Gasteiger partial charge in [0.25, 0.3) is 0 Å². The van der Waals surface area contributed by atoms with Crippen LogP contribution in [-0.4, -0.2) is 29.2 Å². The number of amides is 3. The lowest BCUT2D eigenvalue weighted by atomic mass is 9.63. The maximum Gasteiger partial charge on any atom is 0.233 e. The molecule has 0 radical (unpaired) electrons. The Morgan fingerprint density at radius 3 is 2.30 bits per heavy atom. The molecule has 158 valence electrons. The van der Waals surface area contributed by atoms with E-state index in [1.807, 2.05) is 0 Å². The molecule has 0 spiro atoms. The van der Waals surface area contributed by atoms with E-state index in [1.54, 1.807) is 18.2 Å². The highest BCUT2D eigenvalue weighted by atomic mass is 35.5. The summed E-state index contributed by atoms with van der Waals surface area (Å²) in [6, 6.07) is 4.94. The lowest BCUT2D eigenvalue weighted by molar-refractivity contribution is -0.140. The van der Waals surface area contributed by atoms with Gasteiger partial charge in [-0.05, 0) is 61.1 Å². The number of anilines is 1. The zero-order valence-corrected chi connectivity index (χ0v) is 18.0. The van der Waals surface area contributed by atoms with Crippen LogP contribution in [0.3, 0.4) is 0 Å². The first-order valence-corrected chi connectivity index (χ1v) is 11.5. The second kappa shape index (κ2) is 7.69. The third kappa shape index (κ3) is 3.36. The summed E-state index contributed by atoms with van der Waals surface area (Å²) in [5, 5.41) is 3.71. The van der Waals surface area contributed by atoms with Crippen LogP contribution in [0, 0.1) is 35.5 Å². The van der Waals surface area contributed by atoms with Gasteiger partial charge < -0.3 is 5.32 Å². The molecule has 1 saturated heterocycles. The van der Waals surface area contributed by atoms with Crippen molar-refractivity contribution in [2.45, 2.75) is 32.1 Å². The summed E-state index contributed by atoms with van der Waals surface area (Å²) in [5.74, 6) is 1.52. The highest BCUT2D eigenvalue weighted by Crippen LogP contribution is 2.65. The fraction of sp³-hybridized carbons (Fsp3) is 0.522. The number of halogens is 2. The van der Waals surface area contributed by atoms with Crippen molar-refractivity contribution in [3.8, 4) is 0 Å². The molecule has 6 rings (SSSR count). The van der Waals surface area contributed by atoms with Crippen LogP contribution < -0.4 is 5.32 Å². The fourth-order valence-electron chi connectivity index (χ4n) is 5.77. The number of carbonyl (C=O) groups excluding carboxylic acids is 3. The van der Waals surface area contributed by atoms with Crippen molar-refractivity contribution < 1.29 is 14.4 Å². The molecule has 30 heavy (non-hydrogen) atoms. The normalized spacial score (nSPS) is 32.9. The standard InChI is InChI=1S/C23H24Cl2N2O3/c24-12-5-8-18(17(25)10-12)26-19(28)4-2-1-3-9-27-22(29)20-13-6-7-14(16-11-15(13)16)21(20)23(27)30/h5-8,10,13-16,20-21H,1-4,9,11H2,(H,26,28)/t13-,14+,15-,16-,20+,21-/m1/s1. The zero-order chi connectivity index (χ0) is 21.0. The number of allylic oxidation sites excluding steroid dienone is 2. The molecule has 7 heteroatoms. The molecule has 1 aromatic rings. The van der Waals surface area contributed by atoms with Crippen molar-refractivity contribution in [1.29, 1.82) is 0 Å². The Hall–Kier alpha value is -1.85. The summed E-state index contributed by atoms with van der Waals surface area (Å²) < 4.78 is 0. The van der Waals surface area contributed by atoms with Crippen LogP contribution in [0.4, 0.5) is 5.69 Å². The molecule has 0 unspecified atom stereocenters. The first kappa shape index (κ1) is 20.1.